The van der Waals surface area contributed by atoms with Crippen LogP contribution in [0.15, 0.2) is 45.5 Å². The Morgan fingerprint density at radius 2 is 2.06 bits per heavy atom. The van der Waals surface area contributed by atoms with Crippen LogP contribution in [0.2, 0.25) is 0 Å². The molecular weight excluding hydrogens is 364 g/mol. The Morgan fingerprint density at radius 1 is 1.28 bits per heavy atom. The molecule has 0 saturated carbocycles. The number of nitrogens with zero attached hydrogens (tertiary/aromatic N) is 1. The Bertz CT molecular complexity index is 602. The highest BCUT2D eigenvalue weighted by Gasteiger charge is 2.11. The zero-order chi connectivity index (χ0) is 13.1. The van der Waals surface area contributed by atoms with Gasteiger partial charge >= 0.3 is 5.97 Å². The van der Waals surface area contributed by atoms with Crippen LogP contribution >= 0.6 is 31.9 Å². The van der Waals surface area contributed by atoms with Crippen LogP contribution in [0.5, 0.6) is 0 Å². The summed E-state index contributed by atoms with van der Waals surface area (Å²) in [6.07, 6.45) is 1.54. The molecule has 2 N–H and O–H groups in total. The highest BCUT2D eigenvalue weighted by Crippen LogP contribution is 2.29. The number of aromatic carboxylic acids is 1. The van der Waals surface area contributed by atoms with Crippen molar-refractivity contribution in [3.63, 3.8) is 0 Å². The number of carbonyl (C=O) groups is 1. The first kappa shape index (κ1) is 13.0. The number of anilines is 2. The molecule has 0 radical (unpaired) electrons. The van der Waals surface area contributed by atoms with E-state index in [2.05, 4.69) is 42.2 Å². The number of rotatable bonds is 3. The van der Waals surface area contributed by atoms with Crippen molar-refractivity contribution in [1.82, 2.24) is 4.98 Å². The minimum absolute atomic E-state index is 0.129. The lowest BCUT2D eigenvalue weighted by molar-refractivity contribution is 0.0697. The molecule has 1 aromatic carbocycles. The molecule has 0 bridgehead atoms. The van der Waals surface area contributed by atoms with E-state index in [0.717, 1.165) is 14.6 Å². The van der Waals surface area contributed by atoms with Crippen LogP contribution in [0, 0.1) is 0 Å². The second kappa shape index (κ2) is 5.49. The Balaban J connectivity index is 2.40. The van der Waals surface area contributed by atoms with E-state index < -0.39 is 5.97 Å². The number of aromatic nitrogens is 1. The maximum absolute atomic E-state index is 11.1. The molecule has 1 heterocycles. The lowest BCUT2D eigenvalue weighted by Crippen LogP contribution is -2.04. The van der Waals surface area contributed by atoms with Gasteiger partial charge in [-0.2, -0.15) is 0 Å². The van der Waals surface area contributed by atoms with E-state index in [9.17, 15) is 4.79 Å². The first-order valence-electron chi connectivity index (χ1n) is 4.98. The van der Waals surface area contributed by atoms with Crippen LogP contribution < -0.4 is 5.32 Å². The van der Waals surface area contributed by atoms with Crippen molar-refractivity contribution in [3.8, 4) is 0 Å². The van der Waals surface area contributed by atoms with Crippen molar-refractivity contribution in [2.24, 2.45) is 0 Å². The topological polar surface area (TPSA) is 62.2 Å². The van der Waals surface area contributed by atoms with Gasteiger partial charge in [-0.25, -0.2) is 9.78 Å². The van der Waals surface area contributed by atoms with E-state index in [-0.39, 0.29) is 5.56 Å². The van der Waals surface area contributed by atoms with Gasteiger partial charge in [0.05, 0.1) is 5.69 Å². The van der Waals surface area contributed by atoms with Gasteiger partial charge in [0, 0.05) is 15.1 Å². The zero-order valence-electron chi connectivity index (χ0n) is 9.02. The third kappa shape index (κ3) is 2.88. The lowest BCUT2D eigenvalue weighted by atomic mass is 10.2. The summed E-state index contributed by atoms with van der Waals surface area (Å²) in [5, 5.41) is 12.1. The summed E-state index contributed by atoms with van der Waals surface area (Å²) in [4.78, 5) is 15.1. The monoisotopic (exact) mass is 370 g/mol. The van der Waals surface area contributed by atoms with E-state index in [0.29, 0.717) is 5.82 Å². The minimum atomic E-state index is -1.02. The van der Waals surface area contributed by atoms with Crippen molar-refractivity contribution >= 4 is 49.3 Å². The molecule has 0 atom stereocenters. The number of hydrogen-bond donors (Lipinski definition) is 2. The average Bonchev–Trinajstić information content (AvgIpc) is 2.34. The van der Waals surface area contributed by atoms with Gasteiger partial charge in [0.25, 0.3) is 0 Å². The first-order chi connectivity index (χ1) is 8.58. The van der Waals surface area contributed by atoms with Gasteiger partial charge in [-0.1, -0.05) is 15.9 Å². The molecule has 0 saturated heterocycles. The third-order valence-corrected chi connectivity index (χ3v) is 3.40. The fourth-order valence-corrected chi connectivity index (χ4v) is 2.11. The minimum Gasteiger partial charge on any atom is -0.478 e. The van der Waals surface area contributed by atoms with Gasteiger partial charge in [0.15, 0.2) is 0 Å². The molecule has 4 nitrogen and oxygen atoms in total. The maximum Gasteiger partial charge on any atom is 0.339 e. The predicted molar refractivity (Wildman–Crippen MR) is 76.3 cm³/mol. The molecule has 0 aliphatic carbocycles. The standard InChI is InChI=1S/C12H8Br2N2O2/c13-7-3-4-9(14)10(6-7)16-11-8(12(17)18)2-1-5-15-11/h1-6H,(H,15,16)(H,17,18). The molecule has 92 valence electrons. The Hall–Kier alpha value is -1.40. The van der Waals surface area contributed by atoms with Crippen LogP contribution in [0.3, 0.4) is 0 Å². The summed E-state index contributed by atoms with van der Waals surface area (Å²) in [6.45, 7) is 0. The van der Waals surface area contributed by atoms with Gasteiger partial charge in [0.1, 0.15) is 11.4 Å². The van der Waals surface area contributed by atoms with Crippen LogP contribution in [0.4, 0.5) is 11.5 Å². The van der Waals surface area contributed by atoms with E-state index in [1.165, 1.54) is 6.07 Å². The van der Waals surface area contributed by atoms with Crippen LogP contribution in [-0.2, 0) is 0 Å². The number of hydrogen-bond acceptors (Lipinski definition) is 3. The second-order valence-corrected chi connectivity index (χ2v) is 5.22. The van der Waals surface area contributed by atoms with E-state index in [4.69, 9.17) is 5.11 Å². The zero-order valence-corrected chi connectivity index (χ0v) is 12.2. The molecule has 0 unspecified atom stereocenters. The number of nitrogens with one attached hydrogen (secondary N) is 1. The maximum atomic E-state index is 11.1. The number of benzene rings is 1. The fraction of sp³-hybridized carbons (Fsp3) is 0. The highest BCUT2D eigenvalue weighted by atomic mass is 79.9. The number of carboxylic acids is 1. The average molecular weight is 372 g/mol. The summed E-state index contributed by atoms with van der Waals surface area (Å²) in [5.74, 6) is -0.708. The van der Waals surface area contributed by atoms with Gasteiger partial charge in [0.2, 0.25) is 0 Å². The van der Waals surface area contributed by atoms with Crippen molar-refractivity contribution in [2.75, 3.05) is 5.32 Å². The second-order valence-electron chi connectivity index (χ2n) is 3.45. The number of pyridine rings is 1. The quantitative estimate of drug-likeness (QED) is 0.854. The van der Waals surface area contributed by atoms with Crippen LogP contribution in [0.1, 0.15) is 10.4 Å². The summed E-state index contributed by atoms with van der Waals surface area (Å²) in [7, 11) is 0. The number of halogens is 2. The van der Waals surface area contributed by atoms with Crippen LogP contribution in [-0.4, -0.2) is 16.1 Å². The Kier molecular flexibility index (Phi) is 3.98. The van der Waals surface area contributed by atoms with Gasteiger partial charge < -0.3 is 10.4 Å². The molecule has 0 fully saturated rings. The summed E-state index contributed by atoms with van der Waals surface area (Å²) in [5.41, 5.74) is 0.870. The molecule has 0 amide bonds. The molecule has 18 heavy (non-hydrogen) atoms. The summed E-state index contributed by atoms with van der Waals surface area (Å²) >= 11 is 6.75. The van der Waals surface area contributed by atoms with Crippen LogP contribution in [0.25, 0.3) is 0 Å². The lowest BCUT2D eigenvalue weighted by Gasteiger charge is -2.10. The van der Waals surface area contributed by atoms with Gasteiger partial charge in [-0.3, -0.25) is 0 Å². The van der Waals surface area contributed by atoms with Crippen molar-refractivity contribution in [2.45, 2.75) is 0 Å². The van der Waals surface area contributed by atoms with Gasteiger partial charge in [-0.15, -0.1) is 0 Å². The van der Waals surface area contributed by atoms with E-state index >= 15 is 0 Å². The molecule has 0 aliphatic rings. The smallest absolute Gasteiger partial charge is 0.339 e. The predicted octanol–water partition coefficient (Wildman–Crippen LogP) is 4.05. The van der Waals surface area contributed by atoms with Crippen molar-refractivity contribution < 1.29 is 9.90 Å². The van der Waals surface area contributed by atoms with Crippen molar-refractivity contribution in [1.29, 1.82) is 0 Å². The third-order valence-electron chi connectivity index (χ3n) is 2.22. The van der Waals surface area contributed by atoms with E-state index in [1.54, 1.807) is 12.3 Å². The summed E-state index contributed by atoms with van der Waals surface area (Å²) < 4.78 is 1.72. The molecule has 0 aliphatic heterocycles. The highest BCUT2D eigenvalue weighted by molar-refractivity contribution is 9.11. The molecule has 2 aromatic rings. The normalized spacial score (nSPS) is 10.1. The van der Waals surface area contributed by atoms with Crippen molar-refractivity contribution in [3.05, 3.63) is 51.0 Å². The SMILES string of the molecule is O=C(O)c1cccnc1Nc1cc(Br)ccc1Br. The largest absolute Gasteiger partial charge is 0.478 e. The Morgan fingerprint density at radius 3 is 2.78 bits per heavy atom. The summed E-state index contributed by atoms with van der Waals surface area (Å²) in [6, 6.07) is 8.67. The molecule has 2 rings (SSSR count). The fourth-order valence-electron chi connectivity index (χ4n) is 1.40. The molecule has 1 aromatic heterocycles. The molecule has 6 heteroatoms. The number of carboxylic acid groups (broad SMARTS) is 1. The first-order valence-corrected chi connectivity index (χ1v) is 6.57. The Labute approximate surface area is 120 Å². The van der Waals surface area contributed by atoms with Gasteiger partial charge in [-0.05, 0) is 46.3 Å². The molecular formula is C12H8Br2N2O2. The van der Waals surface area contributed by atoms with E-state index in [1.807, 2.05) is 18.2 Å². The molecule has 0 spiro atoms.